The number of aryl methyl sites for hydroxylation is 1. The van der Waals surface area contributed by atoms with Gasteiger partial charge in [0.15, 0.2) is 0 Å². The lowest BCUT2D eigenvalue weighted by molar-refractivity contribution is 0.0591. The average molecular weight is 773 g/mol. The van der Waals surface area contributed by atoms with Crippen molar-refractivity contribution in [3.05, 3.63) is 95.3 Å². The second-order valence-corrected chi connectivity index (χ2v) is 7.91. The third-order valence-corrected chi connectivity index (χ3v) is 5.94. The van der Waals surface area contributed by atoms with Gasteiger partial charge in [0.2, 0.25) is 0 Å². The highest BCUT2D eigenvalue weighted by Crippen LogP contribution is 2.27. The molecule has 6 nitrogen and oxygen atoms in total. The molecule has 0 saturated heterocycles. The Morgan fingerprint density at radius 3 is 1.52 bits per heavy atom. The van der Waals surface area contributed by atoms with Crippen molar-refractivity contribution in [2.75, 3.05) is 14.2 Å². The van der Waals surface area contributed by atoms with Gasteiger partial charge in [-0.15, -0.1) is 0 Å². The van der Waals surface area contributed by atoms with Crippen LogP contribution in [0.3, 0.4) is 0 Å². The molecule has 0 radical (unpaired) electrons. The molecule has 0 fully saturated rings. The van der Waals surface area contributed by atoms with Gasteiger partial charge in [-0.1, -0.05) is 88.4 Å². The van der Waals surface area contributed by atoms with E-state index in [-0.39, 0.29) is 11.9 Å². The molecule has 4 aromatic rings. The van der Waals surface area contributed by atoms with Crippen LogP contribution in [0.25, 0.3) is 22.5 Å². The maximum absolute atomic E-state index is 11.7. The smallest absolute Gasteiger partial charge is 0.340 e. The fraction of sp³-hybridized carbons (Fsp3) is 0.312. The highest BCUT2D eigenvalue weighted by molar-refractivity contribution is 15.0. The van der Waals surface area contributed by atoms with Crippen molar-refractivity contribution in [2.45, 2.75) is 41.5 Å². The van der Waals surface area contributed by atoms with Gasteiger partial charge in [0, 0.05) is 68.4 Å². The van der Waals surface area contributed by atoms with Crippen LogP contribution in [0.5, 0.6) is 0 Å². The number of rotatable bonds is 4. The minimum Gasteiger partial charge on any atom is -0.465 e. The number of carbonyl (C=O) groups is 2. The minimum absolute atomic E-state index is 0.291. The number of benzene rings is 2. The van der Waals surface area contributed by atoms with E-state index in [9.17, 15) is 9.59 Å². The van der Waals surface area contributed by atoms with E-state index in [0.29, 0.717) is 11.1 Å². The van der Waals surface area contributed by atoms with E-state index in [0.717, 1.165) is 33.9 Å². The van der Waals surface area contributed by atoms with Crippen LogP contribution in [0.2, 0.25) is 0 Å². The van der Waals surface area contributed by atoms with E-state index in [1.54, 1.807) is 0 Å². The van der Waals surface area contributed by atoms with Crippen LogP contribution in [0.15, 0.2) is 72.8 Å². The normalized spacial score (nSPS) is 9.20. The highest BCUT2D eigenvalue weighted by Gasteiger charge is 2.19. The number of halogens is 2. The summed E-state index contributed by atoms with van der Waals surface area (Å²) in [5.74, 6) is -0.590. The number of carbonyl (C=O) groups excluding carboxylic acids is 2. The Labute approximate surface area is 263 Å². The quantitative estimate of drug-likeness (QED) is 0.153. The van der Waals surface area contributed by atoms with E-state index in [1.165, 1.54) is 14.2 Å². The predicted molar refractivity (Wildman–Crippen MR) is 185 cm³/mol. The van der Waals surface area contributed by atoms with Gasteiger partial charge in [0.1, 0.15) is 0 Å². The summed E-state index contributed by atoms with van der Waals surface area (Å²) in [6.07, 6.45) is 0. The number of nitrogens with zero attached hydrogens (tertiary/aromatic N) is 2. The fourth-order valence-corrected chi connectivity index (χ4v) is 3.84. The molecule has 0 spiro atoms. The van der Waals surface area contributed by atoms with Gasteiger partial charge in [-0.2, -0.15) is 0 Å². The maximum atomic E-state index is 11.7. The lowest BCUT2D eigenvalue weighted by atomic mass is 10.1. The van der Waals surface area contributed by atoms with Gasteiger partial charge in [0.25, 0.3) is 0 Å². The fourth-order valence-electron chi connectivity index (χ4n) is 3.84. The molecule has 0 bridgehead atoms. The molecule has 0 unspecified atom stereocenters. The molecule has 0 aliphatic heterocycles. The van der Waals surface area contributed by atoms with Crippen LogP contribution in [0.1, 0.15) is 59.8 Å². The Morgan fingerprint density at radius 1 is 0.650 bits per heavy atom. The first-order valence-electron chi connectivity index (χ1n) is 13.0. The molecule has 0 N–H and O–H groups in total. The Morgan fingerprint density at radius 2 is 1.07 bits per heavy atom. The molecule has 0 atom stereocenters. The Balaban J connectivity index is 0.000000641. The molecule has 0 amide bonds. The van der Waals surface area contributed by atoms with Crippen molar-refractivity contribution in [2.24, 2.45) is 14.1 Å². The molecule has 4 rings (SSSR count). The molecule has 0 aliphatic carbocycles. The number of esters is 2. The molecule has 0 aliphatic rings. The summed E-state index contributed by atoms with van der Waals surface area (Å²) in [5, 5.41) is 0. The van der Waals surface area contributed by atoms with Crippen molar-refractivity contribution in [3.63, 3.8) is 0 Å². The lowest BCUT2D eigenvalue weighted by Gasteiger charge is -2.07. The number of hydrogen-bond acceptors (Lipinski definition) is 4. The number of ether oxygens (including phenoxy) is 2. The summed E-state index contributed by atoms with van der Waals surface area (Å²) in [7, 11) is 6.70. The van der Waals surface area contributed by atoms with E-state index in [2.05, 4.69) is 37.2 Å². The molecule has 0 saturated carbocycles. The lowest BCUT2D eigenvalue weighted by Crippen LogP contribution is -2.03. The molecule has 218 valence electrons. The van der Waals surface area contributed by atoms with Gasteiger partial charge in [-0.05, 0) is 37.1 Å². The molecule has 2 heterocycles. The van der Waals surface area contributed by atoms with Crippen molar-refractivity contribution in [1.82, 2.24) is 9.13 Å². The molecule has 2 aromatic carbocycles. The molecular weight excluding hydrogens is 730 g/mol. The largest absolute Gasteiger partial charge is 0.465 e. The Bertz CT molecular complexity index is 1300. The van der Waals surface area contributed by atoms with Gasteiger partial charge in [0.05, 0.1) is 31.0 Å². The molecular formula is C32H42I2N2O4. The van der Waals surface area contributed by atoms with Crippen molar-refractivity contribution in [1.29, 1.82) is 0 Å². The summed E-state index contributed by atoms with van der Waals surface area (Å²) in [6, 6.07) is 23.6. The van der Waals surface area contributed by atoms with Crippen molar-refractivity contribution < 1.29 is 19.1 Å². The first-order chi connectivity index (χ1) is 19.3. The monoisotopic (exact) mass is 772 g/mol. The summed E-state index contributed by atoms with van der Waals surface area (Å²) >= 11 is 4.24. The number of hydrogen-bond donors (Lipinski definition) is 0. The van der Waals surface area contributed by atoms with Crippen LogP contribution < -0.4 is 0 Å². The third-order valence-electron chi connectivity index (χ3n) is 5.94. The predicted octanol–water partition coefficient (Wildman–Crippen LogP) is 9.40. The van der Waals surface area contributed by atoms with Crippen molar-refractivity contribution in [3.8, 4) is 22.5 Å². The Kier molecular flexibility index (Phi) is 19.0. The highest BCUT2D eigenvalue weighted by atomic mass is 128. The van der Waals surface area contributed by atoms with E-state index in [1.807, 2.05) is 138 Å². The van der Waals surface area contributed by atoms with Crippen LogP contribution in [0, 0.1) is 13.8 Å². The SMILES string of the molecule is CC.CC.COC(=O)c1cc(-c2ccccc2)n(C)c1C.COC(=O)c1cc(C)n(C)c1-c1ccccc1.II. The zero-order valence-corrected chi connectivity index (χ0v) is 29.5. The molecule has 2 aromatic heterocycles. The van der Waals surface area contributed by atoms with Crippen LogP contribution >= 0.6 is 37.2 Å². The van der Waals surface area contributed by atoms with E-state index < -0.39 is 0 Å². The first-order valence-corrected chi connectivity index (χ1v) is 19.3. The van der Waals surface area contributed by atoms with E-state index >= 15 is 0 Å². The third kappa shape index (κ3) is 9.79. The number of aromatic nitrogens is 2. The average Bonchev–Trinajstić information content (AvgIpc) is 3.50. The minimum atomic E-state index is -0.299. The van der Waals surface area contributed by atoms with Gasteiger partial charge in [-0.25, -0.2) is 9.59 Å². The summed E-state index contributed by atoms with van der Waals surface area (Å²) in [4.78, 5) is 23.3. The van der Waals surface area contributed by atoms with E-state index in [4.69, 9.17) is 9.47 Å². The first kappa shape index (κ1) is 37.4. The van der Waals surface area contributed by atoms with Gasteiger partial charge in [-0.3, -0.25) is 0 Å². The topological polar surface area (TPSA) is 62.5 Å². The zero-order chi connectivity index (χ0) is 30.8. The standard InChI is InChI=1S/2C14H15NO2.2C2H6.I2/c1-10-12(14(16)17-3)9-13(15(10)2)11-7-5-4-6-8-11;1-10-9-12(14(16)17-3)13(15(10)2)11-7-5-4-6-8-11;3*1-2/h2*4-9H,1-3H3;2*1-2H3;. The summed E-state index contributed by atoms with van der Waals surface area (Å²) in [5.41, 5.74) is 7.20. The van der Waals surface area contributed by atoms with Crippen LogP contribution in [-0.2, 0) is 23.6 Å². The molecule has 8 heteroatoms. The van der Waals surface area contributed by atoms with Crippen LogP contribution in [0.4, 0.5) is 0 Å². The van der Waals surface area contributed by atoms with Gasteiger partial charge < -0.3 is 18.6 Å². The molecule has 40 heavy (non-hydrogen) atoms. The number of methoxy groups -OCH3 is 2. The zero-order valence-electron chi connectivity index (χ0n) is 25.2. The maximum Gasteiger partial charge on any atom is 0.340 e. The van der Waals surface area contributed by atoms with Crippen LogP contribution in [-0.4, -0.2) is 35.3 Å². The van der Waals surface area contributed by atoms with Gasteiger partial charge >= 0.3 is 11.9 Å². The second kappa shape index (κ2) is 20.3. The summed E-state index contributed by atoms with van der Waals surface area (Å²) < 4.78 is 13.6. The second-order valence-electron chi connectivity index (χ2n) is 7.91. The Hall–Kier alpha value is -2.60. The van der Waals surface area contributed by atoms with Crippen molar-refractivity contribution >= 4 is 49.2 Å². The summed E-state index contributed by atoms with van der Waals surface area (Å²) in [6.45, 7) is 11.9.